The fourth-order valence-electron chi connectivity index (χ4n) is 3.93. The Balaban J connectivity index is 1.38. The van der Waals surface area contributed by atoms with Crippen molar-refractivity contribution in [2.24, 2.45) is 5.10 Å². The van der Waals surface area contributed by atoms with Gasteiger partial charge < -0.3 is 24.3 Å². The molecule has 44 heavy (non-hydrogen) atoms. The Bertz CT molecular complexity index is 1680. The van der Waals surface area contributed by atoms with Crippen LogP contribution in [0, 0.1) is 0 Å². The minimum Gasteiger partial charge on any atom is -0.493 e. The highest BCUT2D eigenvalue weighted by Gasteiger charge is 2.17. The smallest absolute Gasteiger partial charge is 0.336 e. The van der Waals surface area contributed by atoms with E-state index in [1.807, 2.05) is 30.3 Å². The molecule has 0 spiro atoms. The van der Waals surface area contributed by atoms with Crippen LogP contribution in [-0.2, 0) is 4.79 Å². The first-order valence-electron chi connectivity index (χ1n) is 13.1. The summed E-state index contributed by atoms with van der Waals surface area (Å²) < 4.78 is 21.3. The Morgan fingerprint density at radius 3 is 2.07 bits per heavy atom. The summed E-state index contributed by atoms with van der Waals surface area (Å²) in [6.07, 6.45) is 4.26. The Hall–Kier alpha value is -5.61. The van der Waals surface area contributed by atoms with E-state index < -0.39 is 17.8 Å². The lowest BCUT2D eigenvalue weighted by Gasteiger charge is -2.14. The first-order valence-corrected chi connectivity index (χ1v) is 13.5. The van der Waals surface area contributed by atoms with Crippen LogP contribution in [0.5, 0.6) is 23.0 Å². The van der Waals surface area contributed by atoms with E-state index in [2.05, 4.69) is 15.8 Å². The maximum absolute atomic E-state index is 12.9. The fourth-order valence-corrected chi connectivity index (χ4v) is 4.11. The molecule has 0 bridgehead atoms. The van der Waals surface area contributed by atoms with E-state index in [4.69, 9.17) is 30.5 Å². The van der Waals surface area contributed by atoms with Crippen LogP contribution in [0.4, 0.5) is 5.69 Å². The maximum Gasteiger partial charge on any atom is 0.336 e. The number of hydrogen-bond acceptors (Lipinski definition) is 8. The maximum atomic E-state index is 12.9. The average molecular weight is 614 g/mol. The molecule has 4 aromatic rings. The second kappa shape index (κ2) is 15.0. The molecule has 0 aliphatic rings. The van der Waals surface area contributed by atoms with Crippen molar-refractivity contribution in [3.8, 4) is 23.0 Å². The van der Waals surface area contributed by atoms with Crippen LogP contribution in [0.1, 0.15) is 31.8 Å². The molecule has 0 saturated carbocycles. The van der Waals surface area contributed by atoms with Crippen LogP contribution >= 0.6 is 11.6 Å². The van der Waals surface area contributed by atoms with Gasteiger partial charge >= 0.3 is 5.97 Å². The Morgan fingerprint density at radius 1 is 0.750 bits per heavy atom. The summed E-state index contributed by atoms with van der Waals surface area (Å²) in [6, 6.07) is 23.2. The van der Waals surface area contributed by atoms with Crippen molar-refractivity contribution >= 4 is 47.4 Å². The van der Waals surface area contributed by atoms with Gasteiger partial charge in [0.1, 0.15) is 5.75 Å². The van der Waals surface area contributed by atoms with Crippen LogP contribution in [-0.4, -0.2) is 45.3 Å². The fraction of sp³-hybridized carbons (Fsp3) is 0.0909. The van der Waals surface area contributed by atoms with Crippen LogP contribution in [0.25, 0.3) is 6.08 Å². The molecule has 0 saturated heterocycles. The quantitative estimate of drug-likeness (QED) is 0.0699. The van der Waals surface area contributed by atoms with Gasteiger partial charge in [-0.3, -0.25) is 9.59 Å². The molecule has 4 rings (SSSR count). The van der Waals surface area contributed by atoms with Crippen molar-refractivity contribution in [2.45, 2.75) is 0 Å². The molecule has 0 fully saturated rings. The minimum absolute atomic E-state index is 0.210. The van der Waals surface area contributed by atoms with Crippen molar-refractivity contribution in [3.63, 3.8) is 0 Å². The monoisotopic (exact) mass is 613 g/mol. The number of amides is 2. The number of methoxy groups -OCH3 is 3. The van der Waals surface area contributed by atoms with Crippen molar-refractivity contribution in [2.75, 3.05) is 26.6 Å². The van der Waals surface area contributed by atoms with E-state index in [0.717, 1.165) is 5.56 Å². The number of carbonyl (C=O) groups is 3. The second-order valence-electron chi connectivity index (χ2n) is 8.99. The molecule has 0 aliphatic heterocycles. The number of hydrogen-bond donors (Lipinski definition) is 2. The molecule has 0 heterocycles. The van der Waals surface area contributed by atoms with Crippen molar-refractivity contribution in [1.29, 1.82) is 0 Å². The lowest BCUT2D eigenvalue weighted by molar-refractivity contribution is -0.128. The number of hydrazone groups is 1. The van der Waals surface area contributed by atoms with Crippen LogP contribution in [0.3, 0.4) is 0 Å². The number of nitrogens with one attached hydrogen (secondary N) is 2. The van der Waals surface area contributed by atoms with E-state index in [0.29, 0.717) is 33.5 Å². The summed E-state index contributed by atoms with van der Waals surface area (Å²) in [7, 11) is 4.39. The summed E-state index contributed by atoms with van der Waals surface area (Å²) in [5.41, 5.74) is 4.68. The predicted molar refractivity (Wildman–Crippen MR) is 168 cm³/mol. The Labute approximate surface area is 258 Å². The number of benzene rings is 4. The number of anilines is 1. The highest BCUT2D eigenvalue weighted by atomic mass is 35.5. The van der Waals surface area contributed by atoms with Crippen LogP contribution < -0.4 is 29.7 Å². The van der Waals surface area contributed by atoms with Gasteiger partial charge in [-0.25, -0.2) is 10.2 Å². The van der Waals surface area contributed by atoms with E-state index in [9.17, 15) is 14.4 Å². The highest BCUT2D eigenvalue weighted by molar-refractivity contribution is 6.31. The third-order valence-corrected chi connectivity index (χ3v) is 6.33. The summed E-state index contributed by atoms with van der Waals surface area (Å²) in [5, 5.41) is 7.14. The molecular weight excluding hydrogens is 586 g/mol. The van der Waals surface area contributed by atoms with Gasteiger partial charge in [-0.2, -0.15) is 5.10 Å². The molecule has 11 heteroatoms. The summed E-state index contributed by atoms with van der Waals surface area (Å²) in [5.74, 6) is -0.252. The first-order chi connectivity index (χ1) is 21.3. The number of ether oxygens (including phenoxy) is 4. The van der Waals surface area contributed by atoms with Crippen LogP contribution in [0.15, 0.2) is 96.1 Å². The number of nitrogens with zero attached hydrogens (tertiary/aromatic N) is 1. The van der Waals surface area contributed by atoms with Gasteiger partial charge in [0.05, 0.1) is 27.5 Å². The van der Waals surface area contributed by atoms with Crippen LogP contribution in [0.2, 0.25) is 5.02 Å². The first kappa shape index (κ1) is 31.3. The largest absolute Gasteiger partial charge is 0.493 e. The zero-order chi connectivity index (χ0) is 31.5. The third kappa shape index (κ3) is 8.24. The summed E-state index contributed by atoms with van der Waals surface area (Å²) in [6.45, 7) is 0. The van der Waals surface area contributed by atoms with Gasteiger partial charge in [-0.15, -0.1) is 0 Å². The molecular formula is C33H28ClN3O7. The lowest BCUT2D eigenvalue weighted by atomic mass is 10.1. The average Bonchev–Trinajstić information content (AvgIpc) is 3.04. The van der Waals surface area contributed by atoms with Crippen molar-refractivity contribution in [3.05, 3.63) is 118 Å². The van der Waals surface area contributed by atoms with Gasteiger partial charge in [0.15, 0.2) is 11.5 Å². The molecule has 2 amide bonds. The van der Waals surface area contributed by atoms with Gasteiger partial charge in [0.25, 0.3) is 11.8 Å². The molecule has 224 valence electrons. The SMILES string of the molecule is COc1cc(C(=O)Nc2ccc(C(=O)N/N=C/c3cc(Cl)ccc3OC(=O)/C=C/c3ccccc3)cc2)cc(OC)c1OC. The van der Waals surface area contributed by atoms with E-state index in [1.165, 1.54) is 64.0 Å². The van der Waals surface area contributed by atoms with Gasteiger partial charge in [0, 0.05) is 33.5 Å². The zero-order valence-electron chi connectivity index (χ0n) is 24.0. The molecule has 0 aliphatic carbocycles. The predicted octanol–water partition coefficient (Wildman–Crippen LogP) is 6.00. The number of esters is 1. The van der Waals surface area contributed by atoms with E-state index in [-0.39, 0.29) is 16.9 Å². The lowest BCUT2D eigenvalue weighted by Crippen LogP contribution is -2.18. The second-order valence-corrected chi connectivity index (χ2v) is 9.43. The summed E-state index contributed by atoms with van der Waals surface area (Å²) >= 11 is 6.11. The standard InChI is InChI=1S/C33H28ClN3O7/c1-41-28-18-23(19-29(42-2)31(28)43-3)32(39)36-26-13-10-22(11-14-26)33(40)37-35-20-24-17-25(34)12-15-27(24)44-30(38)16-9-21-7-5-4-6-8-21/h4-20H,1-3H3,(H,36,39)(H,37,40)/b16-9+,35-20+. The Morgan fingerprint density at radius 2 is 1.43 bits per heavy atom. The van der Waals surface area contributed by atoms with Gasteiger partial charge in [-0.05, 0) is 66.2 Å². The zero-order valence-corrected chi connectivity index (χ0v) is 24.8. The third-order valence-electron chi connectivity index (χ3n) is 6.10. The van der Waals surface area contributed by atoms with Gasteiger partial charge in [0.2, 0.25) is 5.75 Å². The Kier molecular flexibility index (Phi) is 10.7. The van der Waals surface area contributed by atoms with E-state index in [1.54, 1.807) is 30.3 Å². The number of carbonyl (C=O) groups excluding carboxylic acids is 3. The molecule has 0 radical (unpaired) electrons. The van der Waals surface area contributed by atoms with Crippen molar-refractivity contribution in [1.82, 2.24) is 5.43 Å². The topological polar surface area (TPSA) is 125 Å². The van der Waals surface area contributed by atoms with Gasteiger partial charge in [-0.1, -0.05) is 41.9 Å². The molecule has 10 nitrogen and oxygen atoms in total. The minimum atomic E-state index is -0.590. The normalized spacial score (nSPS) is 10.8. The molecule has 4 aromatic carbocycles. The molecule has 0 atom stereocenters. The van der Waals surface area contributed by atoms with Crippen molar-refractivity contribution < 1.29 is 33.3 Å². The molecule has 2 N–H and O–H groups in total. The summed E-state index contributed by atoms with van der Waals surface area (Å²) in [4.78, 5) is 37.9. The highest BCUT2D eigenvalue weighted by Crippen LogP contribution is 2.38. The number of halogens is 1. The molecule has 0 unspecified atom stereocenters. The van der Waals surface area contributed by atoms with E-state index >= 15 is 0 Å². The molecule has 0 aromatic heterocycles. The number of rotatable bonds is 11.